The van der Waals surface area contributed by atoms with Gasteiger partial charge in [0.15, 0.2) is 0 Å². The molecule has 7 heteroatoms. The van der Waals surface area contributed by atoms with Crippen LogP contribution in [0.3, 0.4) is 0 Å². The van der Waals surface area contributed by atoms with E-state index >= 15 is 0 Å². The molecule has 0 aliphatic heterocycles. The molecular weight excluding hydrogens is 390 g/mol. The number of benzene rings is 1. The summed E-state index contributed by atoms with van der Waals surface area (Å²) in [5.74, 6) is 1.96. The standard InChI is InChI=1S/C17H18BrN3O2S/c1-10(12-6-7-14(22-3)13(18)9-12)19-11(2)16-20-21-17(23-16)15-5-4-8-24-15/h4-11,19H,1-3H3/t10-,11+/m0/s1. The first kappa shape index (κ1) is 17.1. The number of thiophene rings is 1. The maximum atomic E-state index is 5.78. The summed E-state index contributed by atoms with van der Waals surface area (Å²) in [6, 6.07) is 10.0. The third-order valence-electron chi connectivity index (χ3n) is 3.72. The molecule has 0 spiro atoms. The van der Waals surface area contributed by atoms with E-state index in [0.717, 1.165) is 20.7 Å². The fourth-order valence-electron chi connectivity index (χ4n) is 2.40. The number of hydrogen-bond donors (Lipinski definition) is 1. The predicted octanol–water partition coefficient (Wildman–Crippen LogP) is 4.98. The van der Waals surface area contributed by atoms with Crippen LogP contribution in [0.5, 0.6) is 5.75 Å². The van der Waals surface area contributed by atoms with Gasteiger partial charge in [-0.2, -0.15) is 0 Å². The fraction of sp³-hybridized carbons (Fsp3) is 0.294. The highest BCUT2D eigenvalue weighted by Gasteiger charge is 2.18. The normalized spacial score (nSPS) is 13.7. The summed E-state index contributed by atoms with van der Waals surface area (Å²) < 4.78 is 12.0. The second kappa shape index (κ2) is 7.46. The Bertz CT molecular complexity index is 804. The molecule has 0 saturated carbocycles. The number of halogens is 1. The van der Waals surface area contributed by atoms with E-state index in [1.807, 2.05) is 42.6 Å². The zero-order valence-corrected chi connectivity index (χ0v) is 16.0. The third kappa shape index (κ3) is 3.68. The zero-order chi connectivity index (χ0) is 17.1. The van der Waals surface area contributed by atoms with Crippen molar-refractivity contribution in [2.45, 2.75) is 25.9 Å². The third-order valence-corrected chi connectivity index (χ3v) is 5.20. The highest BCUT2D eigenvalue weighted by molar-refractivity contribution is 9.10. The molecule has 0 amide bonds. The molecule has 1 N–H and O–H groups in total. The summed E-state index contributed by atoms with van der Waals surface area (Å²) in [5, 5.41) is 13.8. The van der Waals surface area contributed by atoms with E-state index in [1.165, 1.54) is 0 Å². The molecule has 0 fully saturated rings. The summed E-state index contributed by atoms with van der Waals surface area (Å²) in [6.45, 7) is 4.11. The smallest absolute Gasteiger partial charge is 0.257 e. The molecule has 3 rings (SSSR count). The van der Waals surface area contributed by atoms with Gasteiger partial charge in [-0.1, -0.05) is 12.1 Å². The molecule has 2 aromatic heterocycles. The van der Waals surface area contributed by atoms with Crippen molar-refractivity contribution in [1.29, 1.82) is 0 Å². The molecule has 1 aromatic carbocycles. The predicted molar refractivity (Wildman–Crippen MR) is 98.3 cm³/mol. The molecule has 5 nitrogen and oxygen atoms in total. The largest absolute Gasteiger partial charge is 0.496 e. The monoisotopic (exact) mass is 407 g/mol. The van der Waals surface area contributed by atoms with Crippen LogP contribution in [0.4, 0.5) is 0 Å². The first-order valence-electron chi connectivity index (χ1n) is 7.55. The van der Waals surface area contributed by atoms with Crippen molar-refractivity contribution in [3.05, 3.63) is 51.6 Å². The van der Waals surface area contributed by atoms with Gasteiger partial charge in [-0.15, -0.1) is 21.5 Å². The van der Waals surface area contributed by atoms with Gasteiger partial charge in [-0.3, -0.25) is 5.32 Å². The van der Waals surface area contributed by atoms with E-state index in [1.54, 1.807) is 18.4 Å². The topological polar surface area (TPSA) is 60.2 Å². The molecule has 0 bridgehead atoms. The quantitative estimate of drug-likeness (QED) is 0.623. The SMILES string of the molecule is COc1ccc([C@H](C)N[C@H](C)c2nnc(-c3cccs3)o2)cc1Br. The Hall–Kier alpha value is -1.70. The first-order valence-corrected chi connectivity index (χ1v) is 9.22. The van der Waals surface area contributed by atoms with E-state index in [9.17, 15) is 0 Å². The summed E-state index contributed by atoms with van der Waals surface area (Å²) in [4.78, 5) is 0.980. The average molecular weight is 408 g/mol. The molecule has 2 heterocycles. The van der Waals surface area contributed by atoms with Crippen LogP contribution in [-0.2, 0) is 0 Å². The molecule has 3 aromatic rings. The Labute approximate surface area is 153 Å². The van der Waals surface area contributed by atoms with E-state index in [0.29, 0.717) is 11.8 Å². The molecule has 2 atom stereocenters. The lowest BCUT2D eigenvalue weighted by Crippen LogP contribution is -2.22. The first-order chi connectivity index (χ1) is 11.6. The number of aromatic nitrogens is 2. The average Bonchev–Trinajstić information content (AvgIpc) is 3.25. The second-order valence-corrected chi connectivity index (χ2v) is 7.23. The molecule has 0 unspecified atom stereocenters. The highest BCUT2D eigenvalue weighted by atomic mass is 79.9. The van der Waals surface area contributed by atoms with Crippen molar-refractivity contribution in [3.63, 3.8) is 0 Å². The van der Waals surface area contributed by atoms with Crippen LogP contribution in [-0.4, -0.2) is 17.3 Å². The number of methoxy groups -OCH3 is 1. The van der Waals surface area contributed by atoms with Crippen LogP contribution in [0.2, 0.25) is 0 Å². The minimum Gasteiger partial charge on any atom is -0.496 e. The molecule has 0 saturated heterocycles. The molecule has 0 radical (unpaired) electrons. The van der Waals surface area contributed by atoms with Gasteiger partial charge in [-0.25, -0.2) is 0 Å². The van der Waals surface area contributed by atoms with Crippen LogP contribution in [0.15, 0.2) is 44.6 Å². The lowest BCUT2D eigenvalue weighted by Gasteiger charge is -2.18. The van der Waals surface area contributed by atoms with Crippen LogP contribution in [0, 0.1) is 0 Å². The van der Waals surface area contributed by atoms with Gasteiger partial charge in [0.25, 0.3) is 5.89 Å². The minimum absolute atomic E-state index is 0.0536. The Morgan fingerprint density at radius 1 is 1.21 bits per heavy atom. The minimum atomic E-state index is -0.0536. The van der Waals surface area contributed by atoms with Crippen molar-refractivity contribution in [2.75, 3.05) is 7.11 Å². The number of nitrogens with one attached hydrogen (secondary N) is 1. The Kier molecular flexibility index (Phi) is 5.33. The summed E-state index contributed by atoms with van der Waals surface area (Å²) in [6.07, 6.45) is 0. The molecular formula is C17H18BrN3O2S. The Morgan fingerprint density at radius 3 is 2.71 bits per heavy atom. The lowest BCUT2D eigenvalue weighted by atomic mass is 10.1. The van der Waals surface area contributed by atoms with Gasteiger partial charge < -0.3 is 9.15 Å². The van der Waals surface area contributed by atoms with Gasteiger partial charge >= 0.3 is 0 Å². The van der Waals surface area contributed by atoms with Crippen molar-refractivity contribution in [3.8, 4) is 16.5 Å². The van der Waals surface area contributed by atoms with Gasteiger partial charge in [0.1, 0.15) is 5.75 Å². The van der Waals surface area contributed by atoms with E-state index in [4.69, 9.17) is 9.15 Å². The Morgan fingerprint density at radius 2 is 2.04 bits per heavy atom. The van der Waals surface area contributed by atoms with Crippen LogP contribution < -0.4 is 10.1 Å². The van der Waals surface area contributed by atoms with Crippen molar-refractivity contribution in [2.24, 2.45) is 0 Å². The van der Waals surface area contributed by atoms with Crippen LogP contribution in [0.25, 0.3) is 10.8 Å². The van der Waals surface area contributed by atoms with E-state index < -0.39 is 0 Å². The van der Waals surface area contributed by atoms with Gasteiger partial charge in [0.2, 0.25) is 5.89 Å². The maximum absolute atomic E-state index is 5.78. The highest BCUT2D eigenvalue weighted by Crippen LogP contribution is 2.29. The van der Waals surface area contributed by atoms with Gasteiger partial charge in [-0.05, 0) is 58.9 Å². The summed E-state index contributed by atoms with van der Waals surface area (Å²) in [7, 11) is 1.66. The van der Waals surface area contributed by atoms with Crippen molar-refractivity contribution < 1.29 is 9.15 Å². The van der Waals surface area contributed by atoms with Crippen LogP contribution in [0.1, 0.15) is 37.4 Å². The van der Waals surface area contributed by atoms with Gasteiger partial charge in [0, 0.05) is 6.04 Å². The molecule has 24 heavy (non-hydrogen) atoms. The fourth-order valence-corrected chi connectivity index (χ4v) is 3.61. The van der Waals surface area contributed by atoms with E-state index in [2.05, 4.69) is 38.4 Å². The number of rotatable bonds is 6. The summed E-state index contributed by atoms with van der Waals surface area (Å²) in [5.41, 5.74) is 1.15. The van der Waals surface area contributed by atoms with Crippen molar-refractivity contribution >= 4 is 27.3 Å². The number of nitrogens with zero attached hydrogens (tertiary/aromatic N) is 2. The van der Waals surface area contributed by atoms with Crippen LogP contribution >= 0.6 is 27.3 Å². The molecule has 0 aliphatic carbocycles. The number of hydrogen-bond acceptors (Lipinski definition) is 6. The second-order valence-electron chi connectivity index (χ2n) is 5.43. The molecule has 0 aliphatic rings. The maximum Gasteiger partial charge on any atom is 0.257 e. The Balaban J connectivity index is 1.70. The zero-order valence-electron chi connectivity index (χ0n) is 13.6. The summed E-state index contributed by atoms with van der Waals surface area (Å²) >= 11 is 5.10. The lowest BCUT2D eigenvalue weighted by molar-refractivity contribution is 0.393. The van der Waals surface area contributed by atoms with Gasteiger partial charge in [0.05, 0.1) is 22.5 Å². The van der Waals surface area contributed by atoms with E-state index in [-0.39, 0.29) is 12.1 Å². The number of ether oxygens (including phenoxy) is 1. The molecule has 126 valence electrons. The van der Waals surface area contributed by atoms with Crippen molar-refractivity contribution in [1.82, 2.24) is 15.5 Å².